The normalized spacial score (nSPS) is 16.6. The lowest BCUT2D eigenvalue weighted by Crippen LogP contribution is -2.29. The Morgan fingerprint density at radius 3 is 2.49 bits per heavy atom. The number of ketones is 1. The number of Topliss-reactive ketones (excluding diaryl/α,β-unsaturated/α-hetero) is 1. The lowest BCUT2D eigenvalue weighted by atomic mass is 9.94. The Hall–Kier alpha value is -4.24. The molecule has 1 aliphatic heterocycles. The zero-order chi connectivity index (χ0) is 26.9. The van der Waals surface area contributed by atoms with Crippen molar-refractivity contribution >= 4 is 39.9 Å². The molecular formula is C28H26N2O6S. The van der Waals surface area contributed by atoms with Gasteiger partial charge in [0.25, 0.3) is 5.78 Å². The number of aromatic nitrogens is 1. The first-order valence-corrected chi connectivity index (χ1v) is 12.3. The van der Waals surface area contributed by atoms with Crippen molar-refractivity contribution in [2.24, 2.45) is 0 Å². The monoisotopic (exact) mass is 518 g/mol. The van der Waals surface area contributed by atoms with Gasteiger partial charge in [0.1, 0.15) is 23.0 Å². The fourth-order valence-electron chi connectivity index (χ4n) is 4.15. The molecule has 1 atom stereocenters. The number of esters is 1. The Morgan fingerprint density at radius 1 is 1.16 bits per heavy atom. The Kier molecular flexibility index (Phi) is 7.26. The SMILES string of the molecule is C=CCOC(=O)c1sc(N2C(=O)C(=O)C(=C(O)c3ccc(OC)c(C)c3)[C@H]2c2ccc(C)cc2)nc1C. The van der Waals surface area contributed by atoms with E-state index in [1.165, 1.54) is 11.0 Å². The maximum absolute atomic E-state index is 13.4. The van der Waals surface area contributed by atoms with Gasteiger partial charge in [-0.05, 0) is 50.1 Å². The summed E-state index contributed by atoms with van der Waals surface area (Å²) < 4.78 is 10.4. The summed E-state index contributed by atoms with van der Waals surface area (Å²) in [5, 5.41) is 11.5. The molecule has 0 spiro atoms. The smallest absolute Gasteiger partial charge is 0.350 e. The fourth-order valence-corrected chi connectivity index (χ4v) is 5.14. The first-order chi connectivity index (χ1) is 17.7. The second kappa shape index (κ2) is 10.4. The van der Waals surface area contributed by atoms with Crippen LogP contribution in [0.4, 0.5) is 5.13 Å². The average molecular weight is 519 g/mol. The quantitative estimate of drug-likeness (QED) is 0.153. The molecule has 1 aliphatic rings. The molecule has 190 valence electrons. The second-order valence-electron chi connectivity index (χ2n) is 8.56. The van der Waals surface area contributed by atoms with E-state index in [0.29, 0.717) is 22.6 Å². The lowest BCUT2D eigenvalue weighted by Gasteiger charge is -2.23. The van der Waals surface area contributed by atoms with Crippen molar-refractivity contribution in [1.82, 2.24) is 4.98 Å². The molecule has 1 N–H and O–H groups in total. The van der Waals surface area contributed by atoms with Crippen molar-refractivity contribution < 1.29 is 29.0 Å². The van der Waals surface area contributed by atoms with Crippen LogP contribution in [0.1, 0.15) is 43.7 Å². The van der Waals surface area contributed by atoms with Crippen LogP contribution in [0.2, 0.25) is 0 Å². The number of carbonyl (C=O) groups excluding carboxylic acids is 3. The predicted molar refractivity (Wildman–Crippen MR) is 141 cm³/mol. The van der Waals surface area contributed by atoms with E-state index in [2.05, 4.69) is 11.6 Å². The van der Waals surface area contributed by atoms with Gasteiger partial charge in [0.15, 0.2) is 5.13 Å². The number of hydrogen-bond donors (Lipinski definition) is 1. The molecule has 1 fully saturated rings. The Morgan fingerprint density at radius 2 is 1.86 bits per heavy atom. The molecule has 37 heavy (non-hydrogen) atoms. The van der Waals surface area contributed by atoms with E-state index in [-0.39, 0.29) is 27.9 Å². The number of thiazole rings is 1. The van der Waals surface area contributed by atoms with Gasteiger partial charge in [0, 0.05) is 5.56 Å². The molecule has 1 saturated heterocycles. The van der Waals surface area contributed by atoms with Crippen LogP contribution in [-0.2, 0) is 14.3 Å². The van der Waals surface area contributed by atoms with Crippen molar-refractivity contribution in [1.29, 1.82) is 0 Å². The highest BCUT2D eigenvalue weighted by Gasteiger charge is 2.48. The molecule has 2 heterocycles. The van der Waals surface area contributed by atoms with Crippen molar-refractivity contribution in [3.63, 3.8) is 0 Å². The van der Waals surface area contributed by atoms with Crippen LogP contribution < -0.4 is 9.64 Å². The highest BCUT2D eigenvalue weighted by atomic mass is 32.1. The van der Waals surface area contributed by atoms with Gasteiger partial charge in [-0.15, -0.1) is 0 Å². The minimum absolute atomic E-state index is 0.0284. The van der Waals surface area contributed by atoms with Gasteiger partial charge < -0.3 is 14.6 Å². The number of nitrogens with zero attached hydrogens (tertiary/aromatic N) is 2. The minimum Gasteiger partial charge on any atom is -0.507 e. The summed E-state index contributed by atoms with van der Waals surface area (Å²) in [4.78, 5) is 45.1. The van der Waals surface area contributed by atoms with Gasteiger partial charge in [0.05, 0.1) is 24.4 Å². The number of carbonyl (C=O) groups is 3. The van der Waals surface area contributed by atoms with E-state index in [9.17, 15) is 19.5 Å². The highest BCUT2D eigenvalue weighted by molar-refractivity contribution is 7.17. The average Bonchev–Trinajstić information content (AvgIpc) is 3.39. The largest absolute Gasteiger partial charge is 0.507 e. The van der Waals surface area contributed by atoms with Gasteiger partial charge in [-0.25, -0.2) is 9.78 Å². The minimum atomic E-state index is -0.953. The Balaban J connectivity index is 1.88. The maximum atomic E-state index is 13.4. The molecular weight excluding hydrogens is 492 g/mol. The van der Waals surface area contributed by atoms with Crippen LogP contribution in [0.5, 0.6) is 5.75 Å². The number of methoxy groups -OCH3 is 1. The third kappa shape index (κ3) is 4.77. The third-order valence-corrected chi connectivity index (χ3v) is 7.15. The first-order valence-electron chi connectivity index (χ1n) is 11.5. The predicted octanol–water partition coefficient (Wildman–Crippen LogP) is 5.05. The van der Waals surface area contributed by atoms with E-state index in [1.807, 2.05) is 26.0 Å². The van der Waals surface area contributed by atoms with E-state index < -0.39 is 23.7 Å². The first kappa shape index (κ1) is 25.8. The van der Waals surface area contributed by atoms with Crippen LogP contribution in [0, 0.1) is 20.8 Å². The molecule has 4 rings (SSSR count). The number of aryl methyl sites for hydroxylation is 3. The Labute approximate surface area is 218 Å². The summed E-state index contributed by atoms with van der Waals surface area (Å²) >= 11 is 0.952. The number of ether oxygens (including phenoxy) is 2. The number of aliphatic hydroxyl groups is 1. The van der Waals surface area contributed by atoms with Crippen LogP contribution >= 0.6 is 11.3 Å². The van der Waals surface area contributed by atoms with Crippen LogP contribution in [-0.4, -0.2) is 41.5 Å². The van der Waals surface area contributed by atoms with Crippen LogP contribution in [0.15, 0.2) is 60.7 Å². The molecule has 3 aromatic rings. The number of hydrogen-bond acceptors (Lipinski definition) is 8. The van der Waals surface area contributed by atoms with E-state index in [1.54, 1.807) is 44.4 Å². The van der Waals surface area contributed by atoms with Gasteiger partial charge >= 0.3 is 11.9 Å². The molecule has 0 unspecified atom stereocenters. The summed E-state index contributed by atoms with van der Waals surface area (Å²) in [6, 6.07) is 11.4. The van der Waals surface area contributed by atoms with E-state index in [4.69, 9.17) is 9.47 Å². The summed E-state index contributed by atoms with van der Waals surface area (Å²) in [6.45, 7) is 8.93. The Bertz CT molecular complexity index is 1440. The second-order valence-corrected chi connectivity index (χ2v) is 9.54. The third-order valence-electron chi connectivity index (χ3n) is 6.01. The lowest BCUT2D eigenvalue weighted by molar-refractivity contribution is -0.132. The molecule has 1 aromatic heterocycles. The fraction of sp³-hybridized carbons (Fsp3) is 0.214. The zero-order valence-corrected chi connectivity index (χ0v) is 21.7. The molecule has 9 heteroatoms. The topological polar surface area (TPSA) is 106 Å². The standard InChI is InChI=1S/C28H26N2O6S/c1-6-13-36-27(34)25-17(4)29-28(37-25)30-22(18-9-7-15(2)8-10-18)21(24(32)26(30)33)23(31)19-11-12-20(35-5)16(3)14-19/h6-12,14,22,31H,1,13H2,2-5H3/t22-/m1/s1. The summed E-state index contributed by atoms with van der Waals surface area (Å²) in [5.41, 5.74) is 3.03. The highest BCUT2D eigenvalue weighted by Crippen LogP contribution is 2.44. The van der Waals surface area contributed by atoms with Crippen molar-refractivity contribution in [2.45, 2.75) is 26.8 Å². The van der Waals surface area contributed by atoms with Crippen LogP contribution in [0.25, 0.3) is 5.76 Å². The van der Waals surface area contributed by atoms with Gasteiger partial charge in [0.2, 0.25) is 0 Å². The van der Waals surface area contributed by atoms with E-state index in [0.717, 1.165) is 22.5 Å². The number of aliphatic hydroxyl groups excluding tert-OH is 1. The number of rotatable bonds is 7. The molecule has 0 saturated carbocycles. The molecule has 1 amide bonds. The molecule has 0 radical (unpaired) electrons. The number of benzene rings is 2. The van der Waals surface area contributed by atoms with Crippen molar-refractivity contribution in [3.05, 3.63) is 93.5 Å². The van der Waals surface area contributed by atoms with Crippen LogP contribution in [0.3, 0.4) is 0 Å². The molecule has 2 aromatic carbocycles. The van der Waals surface area contributed by atoms with Crippen molar-refractivity contribution in [3.8, 4) is 5.75 Å². The van der Waals surface area contributed by atoms with Gasteiger partial charge in [-0.1, -0.05) is 53.8 Å². The number of amides is 1. The maximum Gasteiger partial charge on any atom is 0.350 e. The van der Waals surface area contributed by atoms with Gasteiger partial charge in [-0.2, -0.15) is 0 Å². The zero-order valence-electron chi connectivity index (χ0n) is 20.9. The molecule has 8 nitrogen and oxygen atoms in total. The molecule has 0 aliphatic carbocycles. The van der Waals surface area contributed by atoms with E-state index >= 15 is 0 Å². The molecule has 0 bridgehead atoms. The van der Waals surface area contributed by atoms with Gasteiger partial charge in [-0.3, -0.25) is 14.5 Å². The van der Waals surface area contributed by atoms with Crippen molar-refractivity contribution in [2.75, 3.05) is 18.6 Å². The summed E-state index contributed by atoms with van der Waals surface area (Å²) in [6.07, 6.45) is 1.45. The summed E-state index contributed by atoms with van der Waals surface area (Å²) in [5.74, 6) is -1.98. The number of anilines is 1. The summed E-state index contributed by atoms with van der Waals surface area (Å²) in [7, 11) is 1.54.